The van der Waals surface area contributed by atoms with Crippen LogP contribution < -0.4 is 5.82 Å². The Balaban J connectivity index is 3.25. The van der Waals surface area contributed by atoms with Crippen molar-refractivity contribution in [3.63, 3.8) is 0 Å². The van der Waals surface area contributed by atoms with E-state index in [0.29, 0.717) is 0 Å². The lowest BCUT2D eigenvalue weighted by Gasteiger charge is -1.60. The number of nitriles is 1. The molecule has 0 aromatic carbocycles. The highest BCUT2D eigenvalue weighted by molar-refractivity contribution is 5.08. The molecule has 0 fully saturated rings. The molecule has 0 aliphatic rings. The Hall–Kier alpha value is -1.50. The number of hydrogen-bond acceptors (Lipinski definition) is 4. The Bertz CT molecular complexity index is 263. The largest absolute Gasteiger partial charge is 0.519 e. The zero-order valence-electron chi connectivity index (χ0n) is 3.75. The van der Waals surface area contributed by atoms with Gasteiger partial charge in [0.1, 0.15) is 6.07 Å². The molecular weight excluding hydrogens is 110 g/mol. The summed E-state index contributed by atoms with van der Waals surface area (Å²) in [5, 5.41) is 8.01. The molecule has 0 atom stereocenters. The molecule has 1 heterocycles. The van der Waals surface area contributed by atoms with Crippen LogP contribution in [0.15, 0.2) is 19.9 Å². The molecular formula is C4HNO3. The Morgan fingerprint density at radius 2 is 2.50 bits per heavy atom. The van der Waals surface area contributed by atoms with Crippen LogP contribution in [0.1, 0.15) is 5.76 Å². The average Bonchev–Trinajstić information content (AvgIpc) is 2.14. The summed E-state index contributed by atoms with van der Waals surface area (Å²) in [4.78, 5) is 9.96. The van der Waals surface area contributed by atoms with Crippen molar-refractivity contribution in [2.75, 3.05) is 0 Å². The molecule has 0 unspecified atom stereocenters. The molecule has 1 rings (SSSR count). The van der Waals surface area contributed by atoms with Gasteiger partial charge >= 0.3 is 5.82 Å². The van der Waals surface area contributed by atoms with E-state index in [0.717, 1.165) is 6.26 Å². The Morgan fingerprint density at radius 3 is 2.75 bits per heavy atom. The van der Waals surface area contributed by atoms with Crippen LogP contribution in [0.3, 0.4) is 0 Å². The first kappa shape index (κ1) is 4.65. The summed E-state index contributed by atoms with van der Waals surface area (Å²) < 4.78 is 8.26. The van der Waals surface area contributed by atoms with Crippen LogP contribution in [0.2, 0.25) is 0 Å². The van der Waals surface area contributed by atoms with Gasteiger partial charge in [-0.2, -0.15) is 5.26 Å². The van der Waals surface area contributed by atoms with Gasteiger partial charge in [-0.15, -0.1) is 0 Å². The molecule has 1 aromatic heterocycles. The molecule has 0 saturated carbocycles. The van der Waals surface area contributed by atoms with Crippen molar-refractivity contribution >= 4 is 0 Å². The Kier molecular flexibility index (Phi) is 0.897. The fourth-order valence-corrected chi connectivity index (χ4v) is 0.289. The second-order valence-corrected chi connectivity index (χ2v) is 1.06. The van der Waals surface area contributed by atoms with Gasteiger partial charge in [-0.3, -0.25) is 0 Å². The molecule has 4 nitrogen and oxygen atoms in total. The van der Waals surface area contributed by atoms with E-state index in [4.69, 9.17) is 5.26 Å². The first-order valence-electron chi connectivity index (χ1n) is 1.81. The quantitative estimate of drug-likeness (QED) is 0.476. The highest BCUT2D eigenvalue weighted by Crippen LogP contribution is 1.88. The van der Waals surface area contributed by atoms with Gasteiger partial charge in [-0.25, -0.2) is 4.79 Å². The minimum absolute atomic E-state index is 0.102. The van der Waals surface area contributed by atoms with Crippen LogP contribution in [0.5, 0.6) is 0 Å². The smallest absolute Gasteiger partial charge is 0.398 e. The lowest BCUT2D eigenvalue weighted by Crippen LogP contribution is -1.84. The minimum Gasteiger partial charge on any atom is -0.398 e. The molecule has 1 aromatic rings. The van der Waals surface area contributed by atoms with Gasteiger partial charge in [0.15, 0.2) is 6.26 Å². The van der Waals surface area contributed by atoms with Gasteiger partial charge in [-0.05, 0) is 0 Å². The van der Waals surface area contributed by atoms with Crippen LogP contribution in [-0.2, 0) is 0 Å². The fraction of sp³-hybridized carbons (Fsp3) is 0. The van der Waals surface area contributed by atoms with E-state index < -0.39 is 5.82 Å². The van der Waals surface area contributed by atoms with Gasteiger partial charge in [0, 0.05) is 0 Å². The zero-order valence-corrected chi connectivity index (χ0v) is 3.75. The summed E-state index contributed by atoms with van der Waals surface area (Å²) in [5.41, 5.74) is 0. The summed E-state index contributed by atoms with van der Waals surface area (Å²) in [5.74, 6) is -0.948. The molecule has 0 N–H and O–H groups in total. The second kappa shape index (κ2) is 1.54. The van der Waals surface area contributed by atoms with Crippen molar-refractivity contribution in [3.8, 4) is 6.07 Å². The van der Waals surface area contributed by atoms with Crippen LogP contribution in [-0.4, -0.2) is 0 Å². The van der Waals surface area contributed by atoms with Crippen molar-refractivity contribution in [1.82, 2.24) is 0 Å². The van der Waals surface area contributed by atoms with Gasteiger partial charge in [-0.1, -0.05) is 0 Å². The lowest BCUT2D eigenvalue weighted by molar-refractivity contribution is 0.383. The zero-order chi connectivity index (χ0) is 5.98. The Morgan fingerprint density at radius 1 is 1.75 bits per heavy atom. The van der Waals surface area contributed by atoms with E-state index in [9.17, 15) is 4.79 Å². The first-order chi connectivity index (χ1) is 3.83. The van der Waals surface area contributed by atoms with Crippen molar-refractivity contribution in [2.24, 2.45) is 0 Å². The van der Waals surface area contributed by atoms with Gasteiger partial charge in [0.25, 0.3) is 0 Å². The van der Waals surface area contributed by atoms with E-state index in [2.05, 4.69) is 8.83 Å². The maximum Gasteiger partial charge on any atom is 0.519 e. The van der Waals surface area contributed by atoms with E-state index in [-0.39, 0.29) is 5.76 Å². The predicted octanol–water partition coefficient (Wildman–Crippen LogP) is 0.104. The summed E-state index contributed by atoms with van der Waals surface area (Å²) in [6.45, 7) is 0. The van der Waals surface area contributed by atoms with Gasteiger partial charge in [0.2, 0.25) is 5.76 Å². The third kappa shape index (κ3) is 0.611. The highest BCUT2D eigenvalue weighted by atomic mass is 16.6. The van der Waals surface area contributed by atoms with Crippen molar-refractivity contribution in [3.05, 3.63) is 22.6 Å². The third-order valence-electron chi connectivity index (χ3n) is 0.566. The van der Waals surface area contributed by atoms with Crippen LogP contribution in [0.25, 0.3) is 0 Å². The normalized spacial score (nSPS) is 8.38. The topological polar surface area (TPSA) is 67.1 Å². The third-order valence-corrected chi connectivity index (χ3v) is 0.566. The Labute approximate surface area is 43.9 Å². The van der Waals surface area contributed by atoms with E-state index in [1.54, 1.807) is 6.07 Å². The van der Waals surface area contributed by atoms with E-state index >= 15 is 0 Å². The maximum absolute atomic E-state index is 9.96. The molecule has 0 aliphatic carbocycles. The molecule has 4 heteroatoms. The van der Waals surface area contributed by atoms with Gasteiger partial charge in [0.05, 0.1) is 0 Å². The molecule has 0 radical (unpaired) electrons. The molecule has 0 bridgehead atoms. The molecule has 0 amide bonds. The number of nitrogens with zero attached hydrogens (tertiary/aromatic N) is 1. The molecule has 0 saturated heterocycles. The summed E-state index contributed by atoms with van der Waals surface area (Å²) in [6, 6.07) is 1.59. The van der Waals surface area contributed by atoms with Crippen molar-refractivity contribution < 1.29 is 8.83 Å². The highest BCUT2D eigenvalue weighted by Gasteiger charge is 1.94. The van der Waals surface area contributed by atoms with Crippen LogP contribution in [0, 0.1) is 11.3 Å². The summed E-state index contributed by atoms with van der Waals surface area (Å²) in [6.07, 6.45) is 0.961. The van der Waals surface area contributed by atoms with Crippen LogP contribution in [0.4, 0.5) is 0 Å². The first-order valence-corrected chi connectivity index (χ1v) is 1.81. The van der Waals surface area contributed by atoms with E-state index in [1.165, 1.54) is 0 Å². The van der Waals surface area contributed by atoms with Gasteiger partial charge < -0.3 is 8.83 Å². The SMILES string of the molecule is N#Cc1coc(=O)o1. The number of rotatable bonds is 0. The average molecular weight is 111 g/mol. The minimum atomic E-state index is -0.846. The van der Waals surface area contributed by atoms with Crippen molar-refractivity contribution in [2.45, 2.75) is 0 Å². The molecule has 40 valence electrons. The maximum atomic E-state index is 9.96. The standard InChI is InChI=1S/C4HNO3/c5-1-3-2-7-4(6)8-3/h2H. The van der Waals surface area contributed by atoms with Crippen molar-refractivity contribution in [1.29, 1.82) is 5.26 Å². The number of hydrogen-bond donors (Lipinski definition) is 0. The monoisotopic (exact) mass is 111 g/mol. The second-order valence-electron chi connectivity index (χ2n) is 1.06. The predicted molar refractivity (Wildman–Crippen MR) is 22.0 cm³/mol. The molecule has 0 aliphatic heterocycles. The molecule has 0 spiro atoms. The van der Waals surface area contributed by atoms with E-state index in [1.807, 2.05) is 0 Å². The lowest BCUT2D eigenvalue weighted by atomic mass is 10.6. The summed E-state index contributed by atoms with van der Waals surface area (Å²) >= 11 is 0. The van der Waals surface area contributed by atoms with Crippen LogP contribution >= 0.6 is 0 Å². The fourth-order valence-electron chi connectivity index (χ4n) is 0.289. The molecule has 8 heavy (non-hydrogen) atoms. The summed E-state index contributed by atoms with van der Waals surface area (Å²) in [7, 11) is 0.